The molecule has 1 fully saturated rings. The van der Waals surface area contributed by atoms with Gasteiger partial charge in [0.15, 0.2) is 0 Å². The van der Waals surface area contributed by atoms with Crippen LogP contribution in [0.2, 0.25) is 0 Å². The molecular weight excluding hydrogens is 381 g/mol. The maximum atomic E-state index is 13.0. The fraction of sp³-hybridized carbons (Fsp3) is 0.500. The summed E-state index contributed by atoms with van der Waals surface area (Å²) in [6, 6.07) is 9.57. The lowest BCUT2D eigenvalue weighted by Gasteiger charge is -2.31. The molecule has 2 heterocycles. The molecular formula is C22H25F3N2O2. The summed E-state index contributed by atoms with van der Waals surface area (Å²) < 4.78 is 44.7. The van der Waals surface area contributed by atoms with Crippen LogP contribution in [-0.2, 0) is 13.0 Å². The topological polar surface area (TPSA) is 45.5 Å². The van der Waals surface area contributed by atoms with E-state index in [1.54, 1.807) is 6.07 Å². The molecule has 1 aromatic heterocycles. The number of alkyl halides is 3. The standard InChI is InChI=1S/C22H25F3N2O2/c1-14-11-15-5-2-3-8-19(15)27(14)13-20-18(9-10-29-20)21(28)26-17-7-4-6-16(12-17)22(23,24)25/h2-3,5,8-10,14,16-17H,4,6-7,11-13H2,1H3,(H,26,28). The summed E-state index contributed by atoms with van der Waals surface area (Å²) in [6.45, 7) is 2.58. The normalized spacial score (nSPS) is 24.4. The van der Waals surface area contributed by atoms with Gasteiger partial charge in [-0.05, 0) is 50.3 Å². The highest BCUT2D eigenvalue weighted by atomic mass is 19.4. The molecule has 156 valence electrons. The average Bonchev–Trinajstić information content (AvgIpc) is 3.26. The highest BCUT2D eigenvalue weighted by molar-refractivity contribution is 5.95. The van der Waals surface area contributed by atoms with Crippen LogP contribution >= 0.6 is 0 Å². The van der Waals surface area contributed by atoms with Gasteiger partial charge in [-0.2, -0.15) is 13.2 Å². The van der Waals surface area contributed by atoms with Crippen LogP contribution in [0.15, 0.2) is 41.0 Å². The molecule has 1 aliphatic carbocycles. The molecule has 1 aromatic carbocycles. The van der Waals surface area contributed by atoms with Crippen molar-refractivity contribution in [3.8, 4) is 0 Å². The van der Waals surface area contributed by atoms with Crippen molar-refractivity contribution in [2.24, 2.45) is 5.92 Å². The van der Waals surface area contributed by atoms with Crippen molar-refractivity contribution in [2.45, 2.75) is 63.8 Å². The van der Waals surface area contributed by atoms with E-state index >= 15 is 0 Å². The van der Waals surface area contributed by atoms with Gasteiger partial charge in [0.25, 0.3) is 5.91 Å². The number of rotatable bonds is 4. The summed E-state index contributed by atoms with van der Waals surface area (Å²) in [4.78, 5) is 15.0. The van der Waals surface area contributed by atoms with Gasteiger partial charge in [-0.15, -0.1) is 0 Å². The van der Waals surface area contributed by atoms with Crippen LogP contribution in [0.25, 0.3) is 0 Å². The smallest absolute Gasteiger partial charge is 0.391 e. The Labute approximate surface area is 168 Å². The van der Waals surface area contributed by atoms with E-state index in [0.29, 0.717) is 30.7 Å². The Morgan fingerprint density at radius 3 is 2.83 bits per heavy atom. The third-order valence-electron chi connectivity index (χ3n) is 6.12. The maximum absolute atomic E-state index is 13.0. The summed E-state index contributed by atoms with van der Waals surface area (Å²) in [5.41, 5.74) is 2.79. The summed E-state index contributed by atoms with van der Waals surface area (Å²) >= 11 is 0. The molecule has 3 unspecified atom stereocenters. The molecule has 2 aromatic rings. The van der Waals surface area contributed by atoms with Gasteiger partial charge in [0.05, 0.1) is 24.3 Å². The highest BCUT2D eigenvalue weighted by Gasteiger charge is 2.42. The van der Waals surface area contributed by atoms with Gasteiger partial charge in [0.1, 0.15) is 5.76 Å². The predicted octanol–water partition coefficient (Wildman–Crippen LogP) is 5.08. The van der Waals surface area contributed by atoms with Gasteiger partial charge in [-0.25, -0.2) is 0 Å². The first-order valence-corrected chi connectivity index (χ1v) is 10.1. The zero-order chi connectivity index (χ0) is 20.6. The number of para-hydroxylation sites is 1. The van der Waals surface area contributed by atoms with E-state index in [1.807, 2.05) is 12.1 Å². The predicted molar refractivity (Wildman–Crippen MR) is 104 cm³/mol. The van der Waals surface area contributed by atoms with Crippen LogP contribution < -0.4 is 10.2 Å². The molecule has 0 radical (unpaired) electrons. The maximum Gasteiger partial charge on any atom is 0.391 e. The minimum Gasteiger partial charge on any atom is -0.467 e. The number of halogens is 3. The first-order chi connectivity index (χ1) is 13.8. The summed E-state index contributed by atoms with van der Waals surface area (Å²) in [6.07, 6.45) is -0.686. The Bertz CT molecular complexity index is 877. The number of carbonyl (C=O) groups is 1. The van der Waals surface area contributed by atoms with E-state index in [4.69, 9.17) is 4.42 Å². The average molecular weight is 406 g/mol. The zero-order valence-electron chi connectivity index (χ0n) is 16.3. The third-order valence-corrected chi connectivity index (χ3v) is 6.12. The van der Waals surface area contributed by atoms with Gasteiger partial charge >= 0.3 is 6.18 Å². The monoisotopic (exact) mass is 406 g/mol. The van der Waals surface area contributed by atoms with Crippen molar-refractivity contribution < 1.29 is 22.4 Å². The quantitative estimate of drug-likeness (QED) is 0.770. The van der Waals surface area contributed by atoms with Crippen molar-refractivity contribution in [1.82, 2.24) is 5.32 Å². The van der Waals surface area contributed by atoms with Crippen molar-refractivity contribution in [3.05, 3.63) is 53.5 Å². The summed E-state index contributed by atoms with van der Waals surface area (Å²) in [5, 5.41) is 2.80. The van der Waals surface area contributed by atoms with Crippen LogP contribution in [-0.4, -0.2) is 24.2 Å². The van der Waals surface area contributed by atoms with E-state index in [1.165, 1.54) is 11.8 Å². The van der Waals surface area contributed by atoms with E-state index in [0.717, 1.165) is 12.1 Å². The number of nitrogens with zero attached hydrogens (tertiary/aromatic N) is 1. The Hall–Kier alpha value is -2.44. The number of hydrogen-bond acceptors (Lipinski definition) is 3. The van der Waals surface area contributed by atoms with Crippen LogP contribution in [0.5, 0.6) is 0 Å². The number of fused-ring (bicyclic) bond motifs is 1. The second-order valence-electron chi connectivity index (χ2n) is 8.14. The first-order valence-electron chi connectivity index (χ1n) is 10.1. The van der Waals surface area contributed by atoms with Crippen molar-refractivity contribution in [3.63, 3.8) is 0 Å². The lowest BCUT2D eigenvalue weighted by molar-refractivity contribution is -0.183. The van der Waals surface area contributed by atoms with Crippen LogP contribution in [0, 0.1) is 5.92 Å². The largest absolute Gasteiger partial charge is 0.467 e. The fourth-order valence-electron chi connectivity index (χ4n) is 4.57. The number of benzene rings is 1. The van der Waals surface area contributed by atoms with E-state index in [9.17, 15) is 18.0 Å². The van der Waals surface area contributed by atoms with Crippen LogP contribution in [0.1, 0.15) is 54.3 Å². The molecule has 29 heavy (non-hydrogen) atoms. The number of hydrogen-bond donors (Lipinski definition) is 1. The molecule has 2 aliphatic rings. The summed E-state index contributed by atoms with van der Waals surface area (Å²) in [5.74, 6) is -1.16. The molecule has 7 heteroatoms. The Kier molecular flexibility index (Phi) is 5.32. The Balaban J connectivity index is 1.45. The molecule has 4 nitrogen and oxygen atoms in total. The number of anilines is 1. The van der Waals surface area contributed by atoms with Crippen LogP contribution in [0.3, 0.4) is 0 Å². The van der Waals surface area contributed by atoms with E-state index in [2.05, 4.69) is 29.3 Å². The number of amides is 1. The molecule has 4 rings (SSSR count). The lowest BCUT2D eigenvalue weighted by Crippen LogP contribution is -2.41. The van der Waals surface area contributed by atoms with Crippen molar-refractivity contribution in [1.29, 1.82) is 0 Å². The minimum absolute atomic E-state index is 0.0566. The molecule has 1 aliphatic heterocycles. The minimum atomic E-state index is -4.20. The second-order valence-corrected chi connectivity index (χ2v) is 8.14. The Morgan fingerprint density at radius 1 is 1.24 bits per heavy atom. The van der Waals surface area contributed by atoms with Gasteiger partial charge in [-0.3, -0.25) is 4.79 Å². The molecule has 0 spiro atoms. The molecule has 1 N–H and O–H groups in total. The molecule has 3 atom stereocenters. The van der Waals surface area contributed by atoms with Crippen molar-refractivity contribution in [2.75, 3.05) is 4.90 Å². The van der Waals surface area contributed by atoms with Gasteiger partial charge in [0.2, 0.25) is 0 Å². The van der Waals surface area contributed by atoms with E-state index < -0.39 is 18.1 Å². The molecule has 1 saturated carbocycles. The fourth-order valence-corrected chi connectivity index (χ4v) is 4.57. The number of furan rings is 1. The highest BCUT2D eigenvalue weighted by Crippen LogP contribution is 2.38. The Morgan fingerprint density at radius 2 is 2.03 bits per heavy atom. The van der Waals surface area contributed by atoms with Crippen molar-refractivity contribution >= 4 is 11.6 Å². The SMILES string of the molecule is CC1Cc2ccccc2N1Cc1occc1C(=O)NC1CCCC(C(F)(F)F)C1. The zero-order valence-corrected chi connectivity index (χ0v) is 16.3. The van der Waals surface area contributed by atoms with Gasteiger partial charge in [0, 0.05) is 17.8 Å². The molecule has 0 saturated heterocycles. The van der Waals surface area contributed by atoms with Gasteiger partial charge < -0.3 is 14.6 Å². The van der Waals surface area contributed by atoms with Gasteiger partial charge in [-0.1, -0.05) is 24.6 Å². The lowest BCUT2D eigenvalue weighted by atomic mass is 9.85. The van der Waals surface area contributed by atoms with Crippen LogP contribution in [0.4, 0.5) is 18.9 Å². The first kappa shape index (κ1) is 19.9. The second kappa shape index (κ2) is 7.76. The van der Waals surface area contributed by atoms with E-state index in [-0.39, 0.29) is 24.8 Å². The number of nitrogens with one attached hydrogen (secondary N) is 1. The number of carbonyl (C=O) groups excluding carboxylic acids is 1. The molecule has 1 amide bonds. The molecule has 0 bridgehead atoms. The summed E-state index contributed by atoms with van der Waals surface area (Å²) in [7, 11) is 0. The third kappa shape index (κ3) is 4.14.